The van der Waals surface area contributed by atoms with Gasteiger partial charge in [0.05, 0.1) is 12.5 Å². The third-order valence-electron chi connectivity index (χ3n) is 3.63. The number of tetrazole rings is 1. The second-order valence-electron chi connectivity index (χ2n) is 7.12. The Balaban J connectivity index is 2.44. The summed E-state index contributed by atoms with van der Waals surface area (Å²) in [5.74, 6) is 1.62. The fourth-order valence-corrected chi connectivity index (χ4v) is 2.43. The number of nitrogens with zero attached hydrogens (tertiary/aromatic N) is 3. The molecule has 0 bridgehead atoms. The number of hydrogen-bond donors (Lipinski definition) is 1. The van der Waals surface area contributed by atoms with Crippen LogP contribution in [0, 0.1) is 5.41 Å². The molecule has 5 nitrogen and oxygen atoms in total. The Morgan fingerprint density at radius 2 is 1.86 bits per heavy atom. The van der Waals surface area contributed by atoms with Gasteiger partial charge in [-0.05, 0) is 42.9 Å². The summed E-state index contributed by atoms with van der Waals surface area (Å²) in [4.78, 5) is 0. The van der Waals surface area contributed by atoms with E-state index in [1.807, 2.05) is 6.07 Å². The molecule has 0 aliphatic rings. The Morgan fingerprint density at radius 1 is 1.14 bits per heavy atom. The molecule has 0 saturated carbocycles. The van der Waals surface area contributed by atoms with E-state index in [4.69, 9.17) is 4.74 Å². The van der Waals surface area contributed by atoms with Gasteiger partial charge in [0.15, 0.2) is 5.82 Å². The van der Waals surface area contributed by atoms with Gasteiger partial charge in [-0.25, -0.2) is 0 Å². The van der Waals surface area contributed by atoms with E-state index in [-0.39, 0.29) is 10.8 Å². The largest absolute Gasteiger partial charge is 0.496 e. The van der Waals surface area contributed by atoms with Crippen molar-refractivity contribution >= 4 is 0 Å². The number of hydrogen-bond acceptors (Lipinski definition) is 4. The Labute approximate surface area is 126 Å². The number of rotatable bonds is 4. The van der Waals surface area contributed by atoms with Crippen LogP contribution in [0.2, 0.25) is 0 Å². The smallest absolute Gasteiger partial charge is 0.184 e. The maximum absolute atomic E-state index is 5.50. The third-order valence-corrected chi connectivity index (χ3v) is 3.63. The predicted molar refractivity (Wildman–Crippen MR) is 82.5 cm³/mol. The average Bonchev–Trinajstić information content (AvgIpc) is 2.91. The summed E-state index contributed by atoms with van der Waals surface area (Å²) in [6, 6.07) is 6.29. The molecule has 0 radical (unpaired) electrons. The van der Waals surface area contributed by atoms with Crippen LogP contribution in [-0.2, 0) is 11.8 Å². The van der Waals surface area contributed by atoms with E-state index in [1.54, 1.807) is 7.11 Å². The first-order valence-electron chi connectivity index (χ1n) is 7.15. The first-order chi connectivity index (χ1) is 9.74. The van der Waals surface area contributed by atoms with Gasteiger partial charge in [-0.1, -0.05) is 38.1 Å². The highest BCUT2D eigenvalue weighted by atomic mass is 16.5. The summed E-state index contributed by atoms with van der Waals surface area (Å²) in [5.41, 5.74) is 2.26. The molecule has 114 valence electrons. The molecule has 0 unspecified atom stereocenters. The molecular weight excluding hydrogens is 264 g/mol. The van der Waals surface area contributed by atoms with Crippen LogP contribution in [0.1, 0.15) is 51.6 Å². The van der Waals surface area contributed by atoms with Crippen LogP contribution in [0.25, 0.3) is 0 Å². The number of aromatic nitrogens is 4. The van der Waals surface area contributed by atoms with Crippen molar-refractivity contribution in [1.82, 2.24) is 20.6 Å². The molecule has 1 heterocycles. The fourth-order valence-electron chi connectivity index (χ4n) is 2.43. The molecule has 0 amide bonds. The van der Waals surface area contributed by atoms with Gasteiger partial charge in [-0.2, -0.15) is 5.21 Å². The lowest BCUT2D eigenvalue weighted by atomic mass is 9.80. The second-order valence-corrected chi connectivity index (χ2v) is 7.12. The molecular formula is C16H24N4O. The van der Waals surface area contributed by atoms with Crippen LogP contribution >= 0.6 is 0 Å². The minimum absolute atomic E-state index is 0.197. The molecule has 1 aromatic carbocycles. The van der Waals surface area contributed by atoms with E-state index in [0.29, 0.717) is 5.82 Å². The number of nitrogens with one attached hydrogen (secondary N) is 1. The van der Waals surface area contributed by atoms with Crippen molar-refractivity contribution in [3.63, 3.8) is 0 Å². The number of H-pyrrole nitrogens is 1. The van der Waals surface area contributed by atoms with Crippen LogP contribution in [0.5, 0.6) is 5.75 Å². The molecule has 21 heavy (non-hydrogen) atoms. The molecule has 0 saturated heterocycles. The van der Waals surface area contributed by atoms with Crippen molar-refractivity contribution < 1.29 is 4.74 Å². The Bertz CT molecular complexity index is 597. The van der Waals surface area contributed by atoms with Gasteiger partial charge in [0.2, 0.25) is 0 Å². The van der Waals surface area contributed by atoms with Gasteiger partial charge in [-0.15, -0.1) is 10.2 Å². The first kappa shape index (κ1) is 15.5. The van der Waals surface area contributed by atoms with Crippen molar-refractivity contribution in [1.29, 1.82) is 0 Å². The SMILES string of the molecule is COc1ccc(C(C)(C)c2nn[nH]n2)cc1CC(C)(C)C. The number of ether oxygens (including phenoxy) is 1. The topological polar surface area (TPSA) is 63.7 Å². The lowest BCUT2D eigenvalue weighted by Crippen LogP contribution is -2.22. The molecule has 1 aromatic heterocycles. The number of aromatic amines is 1. The van der Waals surface area contributed by atoms with E-state index >= 15 is 0 Å². The minimum Gasteiger partial charge on any atom is -0.496 e. The number of benzene rings is 1. The zero-order valence-corrected chi connectivity index (χ0v) is 13.7. The Kier molecular flexibility index (Phi) is 4.03. The van der Waals surface area contributed by atoms with Crippen molar-refractivity contribution in [2.45, 2.75) is 46.5 Å². The summed E-state index contributed by atoms with van der Waals surface area (Å²) < 4.78 is 5.50. The summed E-state index contributed by atoms with van der Waals surface area (Å²) in [7, 11) is 1.71. The molecule has 0 fully saturated rings. The van der Waals surface area contributed by atoms with Crippen molar-refractivity contribution in [2.75, 3.05) is 7.11 Å². The van der Waals surface area contributed by atoms with Crippen molar-refractivity contribution in [3.8, 4) is 5.75 Å². The molecule has 2 rings (SSSR count). The molecule has 0 spiro atoms. The van der Waals surface area contributed by atoms with Gasteiger partial charge >= 0.3 is 0 Å². The van der Waals surface area contributed by atoms with Gasteiger partial charge in [0.25, 0.3) is 0 Å². The van der Waals surface area contributed by atoms with Gasteiger partial charge in [0.1, 0.15) is 5.75 Å². The Morgan fingerprint density at radius 3 is 2.38 bits per heavy atom. The zero-order chi connectivity index (χ0) is 15.7. The first-order valence-corrected chi connectivity index (χ1v) is 7.15. The van der Waals surface area contributed by atoms with Crippen LogP contribution in [0.3, 0.4) is 0 Å². The molecule has 1 N–H and O–H groups in total. The van der Waals surface area contributed by atoms with E-state index < -0.39 is 0 Å². The lowest BCUT2D eigenvalue weighted by Gasteiger charge is -2.25. The van der Waals surface area contributed by atoms with E-state index in [1.165, 1.54) is 5.56 Å². The summed E-state index contributed by atoms with van der Waals surface area (Å²) >= 11 is 0. The highest BCUT2D eigenvalue weighted by Crippen LogP contribution is 2.34. The van der Waals surface area contributed by atoms with Crippen LogP contribution in [0.15, 0.2) is 18.2 Å². The summed E-state index contributed by atoms with van der Waals surface area (Å²) in [6.07, 6.45) is 0.951. The maximum Gasteiger partial charge on any atom is 0.184 e. The maximum atomic E-state index is 5.50. The van der Waals surface area contributed by atoms with Crippen LogP contribution in [-0.4, -0.2) is 27.7 Å². The van der Waals surface area contributed by atoms with E-state index in [2.05, 4.69) is 67.4 Å². The van der Waals surface area contributed by atoms with Gasteiger partial charge in [0, 0.05) is 0 Å². The van der Waals surface area contributed by atoms with E-state index in [9.17, 15) is 0 Å². The Hall–Kier alpha value is -1.91. The van der Waals surface area contributed by atoms with Crippen molar-refractivity contribution in [2.24, 2.45) is 5.41 Å². The van der Waals surface area contributed by atoms with Gasteiger partial charge in [-0.3, -0.25) is 0 Å². The second kappa shape index (κ2) is 5.47. The van der Waals surface area contributed by atoms with Crippen molar-refractivity contribution in [3.05, 3.63) is 35.2 Å². The van der Waals surface area contributed by atoms with Crippen LogP contribution < -0.4 is 4.74 Å². The molecule has 0 aliphatic heterocycles. The van der Waals surface area contributed by atoms with E-state index in [0.717, 1.165) is 17.7 Å². The minimum atomic E-state index is -0.300. The van der Waals surface area contributed by atoms with Crippen LogP contribution in [0.4, 0.5) is 0 Å². The highest BCUT2D eigenvalue weighted by Gasteiger charge is 2.29. The average molecular weight is 288 g/mol. The normalized spacial score (nSPS) is 12.5. The third kappa shape index (κ3) is 3.40. The lowest BCUT2D eigenvalue weighted by molar-refractivity contribution is 0.378. The predicted octanol–water partition coefficient (Wildman–Crippen LogP) is 3.12. The molecule has 5 heteroatoms. The highest BCUT2D eigenvalue weighted by molar-refractivity contribution is 5.42. The summed E-state index contributed by atoms with van der Waals surface area (Å²) in [6.45, 7) is 10.9. The molecule has 0 aliphatic carbocycles. The quantitative estimate of drug-likeness (QED) is 0.939. The standard InChI is InChI=1S/C16H24N4O/c1-15(2,3)10-11-9-12(7-8-13(11)21-6)16(4,5)14-17-19-20-18-14/h7-9H,10H2,1-6H3,(H,17,18,19,20). The zero-order valence-electron chi connectivity index (χ0n) is 13.7. The number of methoxy groups -OCH3 is 1. The van der Waals surface area contributed by atoms with Gasteiger partial charge < -0.3 is 4.74 Å². The molecule has 2 aromatic rings. The summed E-state index contributed by atoms with van der Waals surface area (Å²) in [5, 5.41) is 14.5. The fraction of sp³-hybridized carbons (Fsp3) is 0.562. The molecule has 0 atom stereocenters. The monoisotopic (exact) mass is 288 g/mol.